The van der Waals surface area contributed by atoms with Crippen LogP contribution in [0.15, 0.2) is 78.9 Å². The van der Waals surface area contributed by atoms with E-state index in [1.807, 2.05) is 44.2 Å². The summed E-state index contributed by atoms with van der Waals surface area (Å²) in [7, 11) is 0. The van der Waals surface area contributed by atoms with E-state index in [1.54, 1.807) is 24.3 Å². The number of hydrogen-bond donors (Lipinski definition) is 1. The van der Waals surface area contributed by atoms with Crippen LogP contribution in [0.2, 0.25) is 0 Å². The molecule has 0 unspecified atom stereocenters. The lowest BCUT2D eigenvalue weighted by Gasteiger charge is -2.10. The smallest absolute Gasteiger partial charge is 0.416 e. The Morgan fingerprint density at radius 2 is 1.64 bits per heavy atom. The Kier molecular flexibility index (Phi) is 7.38. The molecule has 1 heterocycles. The Morgan fingerprint density at radius 1 is 0.972 bits per heavy atom. The summed E-state index contributed by atoms with van der Waals surface area (Å²) >= 11 is 0. The van der Waals surface area contributed by atoms with Crippen molar-refractivity contribution in [3.8, 4) is 23.1 Å². The number of amides is 1. The monoisotopic (exact) mass is 494 g/mol. The Bertz CT molecular complexity index is 1300. The second-order valence-corrected chi connectivity index (χ2v) is 8.67. The van der Waals surface area contributed by atoms with Crippen LogP contribution >= 0.6 is 0 Å². The van der Waals surface area contributed by atoms with E-state index in [1.165, 1.54) is 16.8 Å². The Hall–Kier alpha value is -4.14. The van der Waals surface area contributed by atoms with Gasteiger partial charge in [-0.3, -0.25) is 4.79 Å². The third kappa shape index (κ3) is 6.29. The number of aromatic nitrogens is 3. The molecule has 0 bridgehead atoms. The van der Waals surface area contributed by atoms with Crippen molar-refractivity contribution in [2.45, 2.75) is 26.4 Å². The van der Waals surface area contributed by atoms with Crippen molar-refractivity contribution in [1.82, 2.24) is 14.8 Å². The van der Waals surface area contributed by atoms with E-state index >= 15 is 0 Å². The predicted molar refractivity (Wildman–Crippen MR) is 131 cm³/mol. The molecule has 0 atom stereocenters. The molecule has 6 nitrogen and oxygen atoms in total. The van der Waals surface area contributed by atoms with Crippen molar-refractivity contribution in [3.63, 3.8) is 0 Å². The van der Waals surface area contributed by atoms with Crippen molar-refractivity contribution >= 4 is 11.6 Å². The van der Waals surface area contributed by atoms with Gasteiger partial charge in [-0.1, -0.05) is 56.3 Å². The van der Waals surface area contributed by atoms with Gasteiger partial charge in [-0.2, -0.15) is 18.2 Å². The Labute approximate surface area is 206 Å². The summed E-state index contributed by atoms with van der Waals surface area (Å²) in [6.07, 6.45) is -4.18. The molecular weight excluding hydrogens is 469 g/mol. The number of carbonyl (C=O) groups is 1. The number of benzene rings is 3. The predicted octanol–water partition coefficient (Wildman–Crippen LogP) is 6.17. The zero-order chi connectivity index (χ0) is 25.7. The average molecular weight is 495 g/mol. The molecular formula is C27H25F3N4O2. The van der Waals surface area contributed by atoms with Crippen molar-refractivity contribution in [3.05, 3.63) is 90.0 Å². The van der Waals surface area contributed by atoms with Crippen molar-refractivity contribution in [2.75, 3.05) is 11.9 Å². The Morgan fingerprint density at radius 3 is 2.25 bits per heavy atom. The maximum atomic E-state index is 13.0. The molecule has 1 N–H and O–H groups in total. The van der Waals surface area contributed by atoms with Crippen LogP contribution in [0.1, 0.15) is 25.0 Å². The first-order valence-electron chi connectivity index (χ1n) is 11.4. The lowest BCUT2D eigenvalue weighted by molar-refractivity contribution is -0.137. The number of alkyl halides is 3. The van der Waals surface area contributed by atoms with Crippen LogP contribution in [0, 0.1) is 5.92 Å². The number of hydrogen-bond acceptors (Lipinski definition) is 4. The van der Waals surface area contributed by atoms with Crippen LogP contribution in [-0.4, -0.2) is 27.3 Å². The number of nitrogens with zero attached hydrogens (tertiary/aromatic N) is 3. The molecule has 1 amide bonds. The highest BCUT2D eigenvalue weighted by atomic mass is 19.4. The third-order valence-corrected chi connectivity index (χ3v) is 5.21. The van der Waals surface area contributed by atoms with Crippen LogP contribution in [0.3, 0.4) is 0 Å². The molecule has 0 spiro atoms. The minimum Gasteiger partial charge on any atom is -0.462 e. The summed E-state index contributed by atoms with van der Waals surface area (Å²) in [4.78, 5) is 16.8. The van der Waals surface area contributed by atoms with Gasteiger partial charge in [0.15, 0.2) is 5.82 Å². The van der Waals surface area contributed by atoms with Gasteiger partial charge in [-0.25, -0.2) is 4.68 Å². The average Bonchev–Trinajstić information content (AvgIpc) is 3.28. The Balaban J connectivity index is 1.58. The van der Waals surface area contributed by atoms with Crippen molar-refractivity contribution in [1.29, 1.82) is 0 Å². The molecule has 9 heteroatoms. The van der Waals surface area contributed by atoms with Crippen LogP contribution in [-0.2, 0) is 17.4 Å². The minimum absolute atomic E-state index is 0.124. The minimum atomic E-state index is -4.43. The van der Waals surface area contributed by atoms with Gasteiger partial charge in [0.2, 0.25) is 5.91 Å². The summed E-state index contributed by atoms with van der Waals surface area (Å²) in [5.41, 5.74) is 1.83. The highest BCUT2D eigenvalue weighted by Crippen LogP contribution is 2.31. The number of anilines is 1. The number of rotatable bonds is 8. The molecule has 1 aromatic heterocycles. The third-order valence-electron chi connectivity index (χ3n) is 5.21. The van der Waals surface area contributed by atoms with Crippen LogP contribution in [0.25, 0.3) is 17.1 Å². The van der Waals surface area contributed by atoms with E-state index in [2.05, 4.69) is 15.4 Å². The first kappa shape index (κ1) is 25.0. The van der Waals surface area contributed by atoms with E-state index in [0.29, 0.717) is 29.4 Å². The van der Waals surface area contributed by atoms with Gasteiger partial charge in [-0.05, 0) is 47.9 Å². The summed E-state index contributed by atoms with van der Waals surface area (Å²) in [5.74, 6) is 0.429. The molecule has 0 fully saturated rings. The highest BCUT2D eigenvalue weighted by molar-refractivity contribution is 5.92. The number of carbonyl (C=O) groups excluding carboxylic acids is 1. The molecule has 0 aliphatic heterocycles. The van der Waals surface area contributed by atoms with Crippen molar-refractivity contribution < 1.29 is 22.7 Å². The van der Waals surface area contributed by atoms with Crippen LogP contribution in [0.5, 0.6) is 6.01 Å². The second kappa shape index (κ2) is 10.6. The molecule has 0 aliphatic rings. The van der Waals surface area contributed by atoms with Crippen molar-refractivity contribution in [2.24, 2.45) is 5.92 Å². The van der Waals surface area contributed by atoms with E-state index in [0.717, 1.165) is 17.7 Å². The van der Waals surface area contributed by atoms with Gasteiger partial charge in [0, 0.05) is 11.3 Å². The largest absolute Gasteiger partial charge is 0.462 e. The quantitative estimate of drug-likeness (QED) is 0.318. The first-order chi connectivity index (χ1) is 17.2. The van der Waals surface area contributed by atoms with Gasteiger partial charge < -0.3 is 10.1 Å². The molecule has 0 radical (unpaired) electrons. The lowest BCUT2D eigenvalue weighted by Crippen LogP contribution is -2.14. The first-order valence-corrected chi connectivity index (χ1v) is 11.4. The summed E-state index contributed by atoms with van der Waals surface area (Å²) in [6.45, 7) is 4.36. The molecule has 3 aromatic carbocycles. The van der Waals surface area contributed by atoms with E-state index < -0.39 is 11.7 Å². The molecule has 0 saturated heterocycles. The van der Waals surface area contributed by atoms with Gasteiger partial charge in [0.05, 0.1) is 24.3 Å². The van der Waals surface area contributed by atoms with E-state index in [-0.39, 0.29) is 24.3 Å². The maximum absolute atomic E-state index is 13.0. The fourth-order valence-electron chi connectivity index (χ4n) is 3.44. The molecule has 0 aliphatic carbocycles. The van der Waals surface area contributed by atoms with Crippen LogP contribution in [0.4, 0.5) is 18.9 Å². The number of nitrogens with one attached hydrogen (secondary N) is 1. The normalized spacial score (nSPS) is 11.5. The topological polar surface area (TPSA) is 69.0 Å². The lowest BCUT2D eigenvalue weighted by atomic mass is 10.1. The molecule has 4 aromatic rings. The van der Waals surface area contributed by atoms with Gasteiger partial charge in [0.1, 0.15) is 0 Å². The van der Waals surface area contributed by atoms with Gasteiger partial charge in [-0.15, -0.1) is 5.10 Å². The molecule has 186 valence electrons. The zero-order valence-corrected chi connectivity index (χ0v) is 19.8. The standard InChI is InChI=1S/C27H25F3N4O2/c1-18(2)17-36-26-32-25(20-8-10-21(11-9-20)27(28,29)30)34(33-26)23-14-12-22(13-15-23)31-24(35)16-19-6-4-3-5-7-19/h3-15,18H,16-17H2,1-2H3,(H,31,35). The van der Waals surface area contributed by atoms with Gasteiger partial charge >= 0.3 is 12.2 Å². The molecule has 4 rings (SSSR count). The summed E-state index contributed by atoms with van der Waals surface area (Å²) in [6, 6.07) is 21.2. The number of halogens is 3. The van der Waals surface area contributed by atoms with E-state index in [4.69, 9.17) is 4.74 Å². The summed E-state index contributed by atoms with van der Waals surface area (Å²) < 4.78 is 46.2. The zero-order valence-electron chi connectivity index (χ0n) is 19.8. The van der Waals surface area contributed by atoms with E-state index in [9.17, 15) is 18.0 Å². The number of ether oxygens (including phenoxy) is 1. The van der Waals surface area contributed by atoms with Crippen LogP contribution < -0.4 is 10.1 Å². The second-order valence-electron chi connectivity index (χ2n) is 8.67. The molecule has 0 saturated carbocycles. The molecule has 36 heavy (non-hydrogen) atoms. The SMILES string of the molecule is CC(C)COc1nc(-c2ccc(C(F)(F)F)cc2)n(-c2ccc(NC(=O)Cc3ccccc3)cc2)n1. The fraction of sp³-hybridized carbons (Fsp3) is 0.222. The fourth-order valence-corrected chi connectivity index (χ4v) is 3.44. The maximum Gasteiger partial charge on any atom is 0.416 e. The summed E-state index contributed by atoms with van der Waals surface area (Å²) in [5, 5.41) is 7.28. The van der Waals surface area contributed by atoms with Gasteiger partial charge in [0.25, 0.3) is 0 Å². The highest BCUT2D eigenvalue weighted by Gasteiger charge is 2.30.